The van der Waals surface area contributed by atoms with Gasteiger partial charge >= 0.3 is 5.97 Å². The number of aryl methyl sites for hydroxylation is 1. The predicted octanol–water partition coefficient (Wildman–Crippen LogP) is 2.85. The lowest BCUT2D eigenvalue weighted by Crippen LogP contribution is -2.27. The Morgan fingerprint density at radius 1 is 1.00 bits per heavy atom. The maximum Gasteiger partial charge on any atom is 0.335 e. The van der Waals surface area contributed by atoms with Gasteiger partial charge in [-0.3, -0.25) is 4.79 Å². The Labute approximate surface area is 136 Å². The minimum absolute atomic E-state index is 0.000379. The lowest BCUT2D eigenvalue weighted by atomic mass is 10.1. The molecule has 0 bridgehead atoms. The number of nitrogens with one attached hydrogen (secondary N) is 1. The molecule has 2 aromatic carbocycles. The van der Waals surface area contributed by atoms with E-state index in [0.29, 0.717) is 19.4 Å². The summed E-state index contributed by atoms with van der Waals surface area (Å²) in [5, 5.41) is 11.7. The van der Waals surface area contributed by atoms with Gasteiger partial charge in [0, 0.05) is 6.54 Å². The molecule has 0 fully saturated rings. The first-order chi connectivity index (χ1) is 11.1. The number of carbonyl (C=O) groups is 2. The van der Waals surface area contributed by atoms with Gasteiger partial charge in [0.2, 0.25) is 5.91 Å². The Bertz CT molecular complexity index is 677. The van der Waals surface area contributed by atoms with Crippen molar-refractivity contribution in [2.24, 2.45) is 0 Å². The first-order valence-electron chi connectivity index (χ1n) is 7.75. The zero-order valence-electron chi connectivity index (χ0n) is 13.2. The van der Waals surface area contributed by atoms with Crippen LogP contribution in [0.15, 0.2) is 48.5 Å². The summed E-state index contributed by atoms with van der Waals surface area (Å²) < 4.78 is 0. The average Bonchev–Trinajstić information content (AvgIpc) is 2.55. The molecule has 0 unspecified atom stereocenters. The maximum absolute atomic E-state index is 12.0. The van der Waals surface area contributed by atoms with Crippen molar-refractivity contribution in [1.82, 2.24) is 5.32 Å². The van der Waals surface area contributed by atoms with Crippen molar-refractivity contribution in [3.8, 4) is 0 Å². The van der Waals surface area contributed by atoms with Crippen LogP contribution in [0.25, 0.3) is 0 Å². The van der Waals surface area contributed by atoms with Crippen LogP contribution in [0, 0.1) is 0 Å². The highest BCUT2D eigenvalue weighted by molar-refractivity contribution is 5.87. The number of amides is 1. The number of rotatable bonds is 7. The molecule has 2 rings (SSSR count). The molecule has 0 radical (unpaired) electrons. The minimum atomic E-state index is -0.931. The molecule has 2 aromatic rings. The third kappa shape index (κ3) is 5.25. The van der Waals surface area contributed by atoms with E-state index in [9.17, 15) is 9.59 Å². The smallest absolute Gasteiger partial charge is 0.335 e. The Balaban J connectivity index is 1.79. The molecule has 4 nitrogen and oxygen atoms in total. The fourth-order valence-electron chi connectivity index (χ4n) is 2.37. The van der Waals surface area contributed by atoms with Crippen LogP contribution in [0.1, 0.15) is 34.0 Å². The summed E-state index contributed by atoms with van der Waals surface area (Å²) >= 11 is 0. The molecule has 4 heteroatoms. The summed E-state index contributed by atoms with van der Waals surface area (Å²) in [4.78, 5) is 22.7. The average molecular weight is 311 g/mol. The Morgan fingerprint density at radius 2 is 1.70 bits per heavy atom. The first kappa shape index (κ1) is 16.7. The van der Waals surface area contributed by atoms with E-state index >= 15 is 0 Å². The summed E-state index contributed by atoms with van der Waals surface area (Å²) in [5.74, 6) is -0.931. The fraction of sp³-hybridized carbons (Fsp3) is 0.263. The predicted molar refractivity (Wildman–Crippen MR) is 89.6 cm³/mol. The van der Waals surface area contributed by atoms with Crippen LogP contribution in [-0.4, -0.2) is 23.5 Å². The Kier molecular flexibility index (Phi) is 5.92. The second-order valence-electron chi connectivity index (χ2n) is 5.45. The number of hydrogen-bond donors (Lipinski definition) is 2. The standard InChI is InChI=1S/C19H21NO3/c1-2-14-4-3-5-16(12-14)13-18(21)20-11-10-15-6-8-17(9-7-15)19(22)23/h3-9,12H,2,10-11,13H2,1H3,(H,20,21)(H,22,23). The fourth-order valence-corrected chi connectivity index (χ4v) is 2.37. The molecule has 23 heavy (non-hydrogen) atoms. The van der Waals surface area contributed by atoms with E-state index in [1.165, 1.54) is 5.56 Å². The maximum atomic E-state index is 12.0. The van der Waals surface area contributed by atoms with Crippen molar-refractivity contribution in [3.63, 3.8) is 0 Å². The number of hydrogen-bond acceptors (Lipinski definition) is 2. The van der Waals surface area contributed by atoms with Gasteiger partial charge in [-0.2, -0.15) is 0 Å². The molecule has 0 atom stereocenters. The second-order valence-corrected chi connectivity index (χ2v) is 5.45. The summed E-state index contributed by atoms with van der Waals surface area (Å²) in [6.45, 7) is 2.63. The highest BCUT2D eigenvalue weighted by Crippen LogP contribution is 2.07. The first-order valence-corrected chi connectivity index (χ1v) is 7.75. The number of carboxylic acids is 1. The molecule has 0 saturated heterocycles. The SMILES string of the molecule is CCc1cccc(CC(=O)NCCc2ccc(C(=O)O)cc2)c1. The Morgan fingerprint density at radius 3 is 2.35 bits per heavy atom. The minimum Gasteiger partial charge on any atom is -0.478 e. The van der Waals surface area contributed by atoms with E-state index in [4.69, 9.17) is 5.11 Å². The molecule has 0 aliphatic heterocycles. The van der Waals surface area contributed by atoms with Crippen LogP contribution in [0.3, 0.4) is 0 Å². The molecular weight excluding hydrogens is 290 g/mol. The molecule has 2 N–H and O–H groups in total. The van der Waals surface area contributed by atoms with E-state index in [2.05, 4.69) is 24.4 Å². The molecule has 0 spiro atoms. The summed E-state index contributed by atoms with van der Waals surface area (Å²) in [6.07, 6.45) is 2.02. The molecule has 0 saturated carbocycles. The topological polar surface area (TPSA) is 66.4 Å². The number of carboxylic acid groups (broad SMARTS) is 1. The highest BCUT2D eigenvalue weighted by Gasteiger charge is 2.05. The monoisotopic (exact) mass is 311 g/mol. The molecular formula is C19H21NO3. The molecule has 120 valence electrons. The van der Waals surface area contributed by atoms with Crippen molar-refractivity contribution in [2.45, 2.75) is 26.2 Å². The quantitative estimate of drug-likeness (QED) is 0.826. The van der Waals surface area contributed by atoms with Gasteiger partial charge in [0.05, 0.1) is 12.0 Å². The lowest BCUT2D eigenvalue weighted by molar-refractivity contribution is -0.120. The van der Waals surface area contributed by atoms with Crippen molar-refractivity contribution < 1.29 is 14.7 Å². The van der Waals surface area contributed by atoms with Gasteiger partial charge in [-0.25, -0.2) is 4.79 Å². The van der Waals surface area contributed by atoms with Gasteiger partial charge in [-0.05, 0) is 41.7 Å². The van der Waals surface area contributed by atoms with Crippen LogP contribution < -0.4 is 5.32 Å². The molecule has 0 aliphatic rings. The van der Waals surface area contributed by atoms with E-state index in [0.717, 1.165) is 17.5 Å². The third-order valence-corrected chi connectivity index (χ3v) is 3.70. The van der Waals surface area contributed by atoms with Crippen molar-refractivity contribution in [1.29, 1.82) is 0 Å². The molecule has 0 aliphatic carbocycles. The van der Waals surface area contributed by atoms with Crippen molar-refractivity contribution in [3.05, 3.63) is 70.8 Å². The van der Waals surface area contributed by atoms with Gasteiger partial charge in [-0.1, -0.05) is 43.3 Å². The normalized spacial score (nSPS) is 10.3. The van der Waals surface area contributed by atoms with E-state index in [1.807, 2.05) is 12.1 Å². The van der Waals surface area contributed by atoms with Crippen LogP contribution >= 0.6 is 0 Å². The van der Waals surface area contributed by atoms with Gasteiger partial charge in [0.25, 0.3) is 0 Å². The zero-order valence-corrected chi connectivity index (χ0v) is 13.2. The van der Waals surface area contributed by atoms with Crippen LogP contribution in [0.2, 0.25) is 0 Å². The summed E-state index contributed by atoms with van der Waals surface area (Å²) in [6, 6.07) is 14.8. The number of aromatic carboxylic acids is 1. The lowest BCUT2D eigenvalue weighted by Gasteiger charge is -2.07. The van der Waals surface area contributed by atoms with E-state index in [-0.39, 0.29) is 11.5 Å². The Hall–Kier alpha value is -2.62. The third-order valence-electron chi connectivity index (χ3n) is 3.70. The van der Waals surface area contributed by atoms with Crippen molar-refractivity contribution >= 4 is 11.9 Å². The second kappa shape index (κ2) is 8.13. The largest absolute Gasteiger partial charge is 0.478 e. The molecule has 1 amide bonds. The molecule has 0 aromatic heterocycles. The summed E-state index contributed by atoms with van der Waals surface area (Å²) in [5.41, 5.74) is 3.53. The summed E-state index contributed by atoms with van der Waals surface area (Å²) in [7, 11) is 0. The number of benzene rings is 2. The van der Waals surface area contributed by atoms with Gasteiger partial charge in [0.1, 0.15) is 0 Å². The number of carbonyl (C=O) groups excluding carboxylic acids is 1. The van der Waals surface area contributed by atoms with E-state index in [1.54, 1.807) is 24.3 Å². The van der Waals surface area contributed by atoms with Crippen LogP contribution in [-0.2, 0) is 24.1 Å². The van der Waals surface area contributed by atoms with Crippen molar-refractivity contribution in [2.75, 3.05) is 6.54 Å². The molecule has 0 heterocycles. The van der Waals surface area contributed by atoms with Crippen LogP contribution in [0.5, 0.6) is 0 Å². The van der Waals surface area contributed by atoms with Gasteiger partial charge in [0.15, 0.2) is 0 Å². The van der Waals surface area contributed by atoms with E-state index < -0.39 is 5.97 Å². The zero-order chi connectivity index (χ0) is 16.7. The highest BCUT2D eigenvalue weighted by atomic mass is 16.4. The van der Waals surface area contributed by atoms with Crippen LogP contribution in [0.4, 0.5) is 0 Å². The van der Waals surface area contributed by atoms with Gasteiger partial charge in [-0.15, -0.1) is 0 Å². The van der Waals surface area contributed by atoms with Gasteiger partial charge < -0.3 is 10.4 Å².